The molecule has 0 aromatic heterocycles. The lowest BCUT2D eigenvalue weighted by molar-refractivity contribution is -0.155. The van der Waals surface area contributed by atoms with Gasteiger partial charge in [0.25, 0.3) is 0 Å². The molecule has 7 nitrogen and oxygen atoms in total. The Morgan fingerprint density at radius 3 is 2.75 bits per heavy atom. The van der Waals surface area contributed by atoms with Crippen molar-refractivity contribution in [3.8, 4) is 0 Å². The van der Waals surface area contributed by atoms with Gasteiger partial charge in [-0.25, -0.2) is 0 Å². The van der Waals surface area contributed by atoms with Crippen LogP contribution in [-0.4, -0.2) is 30.4 Å². The van der Waals surface area contributed by atoms with E-state index in [4.69, 9.17) is 15.0 Å². The molecule has 2 rings (SSSR count). The van der Waals surface area contributed by atoms with E-state index in [1.54, 1.807) is 0 Å². The first-order valence-corrected chi connectivity index (χ1v) is 8.19. The maximum Gasteiger partial charge on any atom is 0.217 e. The predicted octanol–water partition coefficient (Wildman–Crippen LogP) is 3.16. The Morgan fingerprint density at radius 2 is 2.17 bits per heavy atom. The molecule has 1 amide bonds. The van der Waals surface area contributed by atoms with Gasteiger partial charge in [-0.2, -0.15) is 0 Å². The second kappa shape index (κ2) is 8.68. The summed E-state index contributed by atoms with van der Waals surface area (Å²) in [6.45, 7) is 5.78. The van der Waals surface area contributed by atoms with E-state index in [-0.39, 0.29) is 30.0 Å². The van der Waals surface area contributed by atoms with Gasteiger partial charge in [0, 0.05) is 17.8 Å². The van der Waals surface area contributed by atoms with Gasteiger partial charge in [0.1, 0.15) is 0 Å². The molecule has 0 bridgehead atoms. The summed E-state index contributed by atoms with van der Waals surface area (Å²) in [4.78, 5) is 14.4. The molecule has 1 aromatic rings. The van der Waals surface area contributed by atoms with Crippen LogP contribution >= 0.6 is 0 Å². The van der Waals surface area contributed by atoms with E-state index in [2.05, 4.69) is 15.3 Å². The minimum absolute atomic E-state index is 0.0230. The molecule has 7 heteroatoms. The number of ether oxygens (including phenoxy) is 2. The lowest BCUT2D eigenvalue weighted by Gasteiger charge is -2.23. The van der Waals surface area contributed by atoms with E-state index in [1.165, 1.54) is 6.92 Å². The van der Waals surface area contributed by atoms with Crippen molar-refractivity contribution in [2.75, 3.05) is 0 Å². The van der Waals surface area contributed by atoms with Crippen molar-refractivity contribution >= 4 is 5.91 Å². The van der Waals surface area contributed by atoms with Crippen LogP contribution in [0.15, 0.2) is 35.4 Å². The zero-order valence-electron chi connectivity index (χ0n) is 14.3. The normalized spacial score (nSPS) is 27.3. The van der Waals surface area contributed by atoms with Crippen molar-refractivity contribution in [1.82, 2.24) is 5.32 Å². The Morgan fingerprint density at radius 1 is 1.46 bits per heavy atom. The molecular weight excluding hydrogens is 308 g/mol. The van der Waals surface area contributed by atoms with Crippen molar-refractivity contribution in [3.63, 3.8) is 0 Å². The molecule has 1 aliphatic rings. The molecule has 130 valence electrons. The molecule has 1 N–H and O–H groups in total. The number of rotatable bonds is 7. The molecule has 1 fully saturated rings. The lowest BCUT2D eigenvalue weighted by Crippen LogP contribution is -2.44. The summed E-state index contributed by atoms with van der Waals surface area (Å²) in [5.41, 5.74) is 9.77. The van der Waals surface area contributed by atoms with Gasteiger partial charge in [0.2, 0.25) is 5.91 Å². The van der Waals surface area contributed by atoms with Crippen LogP contribution in [0.5, 0.6) is 0 Å². The standard InChI is InChI=1S/C17H24N4O3/c1-4-14(20-21-18)16-11(2)15(19-12(3)22)17(24-16)23-10-13-8-6-5-7-9-13/h5-9,11,14-17H,4,10H2,1-3H3,(H,19,22)/t11-,14-,15?,16-,17-/m0/s1. The maximum atomic E-state index is 11.5. The Balaban J connectivity index is 2.11. The fraction of sp³-hybridized carbons (Fsp3) is 0.588. The number of amides is 1. The molecule has 0 spiro atoms. The molecule has 1 aromatic carbocycles. The molecule has 5 atom stereocenters. The third kappa shape index (κ3) is 4.47. The number of azide groups is 1. The number of carbonyl (C=O) groups excluding carboxylic acids is 1. The number of hydrogen-bond acceptors (Lipinski definition) is 4. The minimum Gasteiger partial charge on any atom is -0.348 e. The minimum atomic E-state index is -0.572. The van der Waals surface area contributed by atoms with Crippen LogP contribution in [-0.2, 0) is 20.9 Å². The fourth-order valence-electron chi connectivity index (χ4n) is 3.03. The smallest absolute Gasteiger partial charge is 0.217 e. The van der Waals surface area contributed by atoms with Crippen LogP contribution in [0.25, 0.3) is 10.4 Å². The highest BCUT2D eigenvalue weighted by Gasteiger charge is 2.45. The van der Waals surface area contributed by atoms with E-state index in [0.717, 1.165) is 5.56 Å². The van der Waals surface area contributed by atoms with E-state index in [0.29, 0.717) is 13.0 Å². The van der Waals surface area contributed by atoms with E-state index in [1.807, 2.05) is 44.2 Å². The molecular formula is C17H24N4O3. The Hall–Kier alpha value is -2.08. The van der Waals surface area contributed by atoms with Crippen LogP contribution < -0.4 is 5.32 Å². The molecule has 0 saturated carbocycles. The zero-order valence-corrected chi connectivity index (χ0v) is 14.3. The SMILES string of the molecule is CC[C@H](N=[N+]=[N-])[C@H]1O[C@H](OCc2ccccc2)C(NC(C)=O)[C@@H]1C. The second-order valence-corrected chi connectivity index (χ2v) is 6.03. The predicted molar refractivity (Wildman–Crippen MR) is 89.9 cm³/mol. The van der Waals surface area contributed by atoms with Crippen LogP contribution in [0.2, 0.25) is 0 Å². The maximum absolute atomic E-state index is 11.5. The Labute approximate surface area is 142 Å². The first-order chi connectivity index (χ1) is 11.6. The topological polar surface area (TPSA) is 96.3 Å². The van der Waals surface area contributed by atoms with Crippen molar-refractivity contribution in [2.45, 2.75) is 58.3 Å². The van der Waals surface area contributed by atoms with Crippen LogP contribution in [0.1, 0.15) is 32.8 Å². The van der Waals surface area contributed by atoms with E-state index >= 15 is 0 Å². The number of benzene rings is 1. The molecule has 1 saturated heterocycles. The number of nitrogens with zero attached hydrogens (tertiary/aromatic N) is 3. The summed E-state index contributed by atoms with van der Waals surface area (Å²) in [5.74, 6) is -0.161. The number of carbonyl (C=O) groups is 1. The largest absolute Gasteiger partial charge is 0.348 e. The van der Waals surface area contributed by atoms with Crippen LogP contribution in [0.3, 0.4) is 0 Å². The number of hydrogen-bond donors (Lipinski definition) is 1. The first kappa shape index (κ1) is 18.3. The summed E-state index contributed by atoms with van der Waals surface area (Å²) in [6, 6.07) is 9.21. The van der Waals surface area contributed by atoms with E-state index < -0.39 is 6.29 Å². The van der Waals surface area contributed by atoms with Crippen LogP contribution in [0.4, 0.5) is 0 Å². The highest BCUT2D eigenvalue weighted by Crippen LogP contribution is 2.32. The van der Waals surface area contributed by atoms with Gasteiger partial charge in [0.05, 0.1) is 24.8 Å². The van der Waals surface area contributed by atoms with Crippen molar-refractivity contribution in [1.29, 1.82) is 0 Å². The summed E-state index contributed by atoms with van der Waals surface area (Å²) in [7, 11) is 0. The Kier molecular flexibility index (Phi) is 6.61. The highest BCUT2D eigenvalue weighted by molar-refractivity contribution is 5.73. The van der Waals surface area contributed by atoms with Crippen molar-refractivity contribution < 1.29 is 14.3 Å². The molecule has 0 radical (unpaired) electrons. The van der Waals surface area contributed by atoms with Gasteiger partial charge >= 0.3 is 0 Å². The van der Waals surface area contributed by atoms with E-state index in [9.17, 15) is 4.79 Å². The molecule has 0 aliphatic carbocycles. The van der Waals surface area contributed by atoms with Crippen molar-refractivity contribution in [3.05, 3.63) is 46.3 Å². The lowest BCUT2D eigenvalue weighted by atomic mass is 9.92. The average molecular weight is 332 g/mol. The highest BCUT2D eigenvalue weighted by atomic mass is 16.7. The van der Waals surface area contributed by atoms with Gasteiger partial charge in [-0.1, -0.05) is 49.3 Å². The van der Waals surface area contributed by atoms with Gasteiger partial charge in [-0.05, 0) is 17.5 Å². The van der Waals surface area contributed by atoms with Gasteiger partial charge in [-0.15, -0.1) is 0 Å². The summed E-state index contributed by atoms with van der Waals surface area (Å²) >= 11 is 0. The van der Waals surface area contributed by atoms with Crippen molar-refractivity contribution in [2.24, 2.45) is 11.0 Å². The molecule has 1 heterocycles. The van der Waals surface area contributed by atoms with Gasteiger partial charge < -0.3 is 14.8 Å². The van der Waals surface area contributed by atoms with Gasteiger partial charge in [-0.3, -0.25) is 4.79 Å². The summed E-state index contributed by atoms with van der Waals surface area (Å²) in [6.07, 6.45) is -0.197. The van der Waals surface area contributed by atoms with Crippen LogP contribution in [0, 0.1) is 5.92 Å². The van der Waals surface area contributed by atoms with Gasteiger partial charge in [0.15, 0.2) is 6.29 Å². The first-order valence-electron chi connectivity index (χ1n) is 8.19. The molecule has 24 heavy (non-hydrogen) atoms. The fourth-order valence-corrected chi connectivity index (χ4v) is 3.03. The second-order valence-electron chi connectivity index (χ2n) is 6.03. The molecule has 1 unspecified atom stereocenters. The summed E-state index contributed by atoms with van der Waals surface area (Å²) in [5, 5.41) is 6.73. The zero-order chi connectivity index (χ0) is 17.5. The third-order valence-electron chi connectivity index (χ3n) is 4.29. The third-order valence-corrected chi connectivity index (χ3v) is 4.29. The quantitative estimate of drug-likeness (QED) is 0.472. The summed E-state index contributed by atoms with van der Waals surface area (Å²) < 4.78 is 11.9. The number of nitrogens with one attached hydrogen (secondary N) is 1. The molecule has 1 aliphatic heterocycles. The monoisotopic (exact) mass is 332 g/mol. The average Bonchev–Trinajstić information content (AvgIpc) is 2.87. The Bertz CT molecular complexity index is 589.